The van der Waals surface area contributed by atoms with E-state index in [0.717, 1.165) is 0 Å². The van der Waals surface area contributed by atoms with Crippen molar-refractivity contribution in [3.05, 3.63) is 0 Å². The van der Waals surface area contributed by atoms with Gasteiger partial charge >= 0.3 is 7.82 Å². The fraction of sp³-hybridized carbons (Fsp3) is 0.857. The molecule has 1 heterocycles. The zero-order valence-corrected chi connectivity index (χ0v) is 12.0. The average Bonchev–Trinajstić information content (AvgIpc) is 2.65. The average molecular weight is 334 g/mol. The standard InChI is InChI=1S/C7H12O9P2S/c8-1-2-13-18(11,12)16-6-4(3-9)14-7(5(6)10)15-17-19/h1,4-7,9-10H,2-3H2,(H,11,12)/t4-,5?,6?,7+/m1/s1. The second-order valence-electron chi connectivity index (χ2n) is 3.40. The Labute approximate surface area is 115 Å². The third-order valence-corrected chi connectivity index (χ3v) is 3.72. The summed E-state index contributed by atoms with van der Waals surface area (Å²) < 4.78 is 30.3. The zero-order chi connectivity index (χ0) is 14.5. The molecular formula is C7H12O9P2S. The van der Waals surface area contributed by atoms with Gasteiger partial charge < -0.3 is 24.6 Å². The molecule has 0 aromatic rings. The molecule has 110 valence electrons. The number of aliphatic hydroxyl groups excluding tert-OH is 2. The Bertz CT molecular complexity index is 366. The summed E-state index contributed by atoms with van der Waals surface area (Å²) in [6.07, 6.45) is -4.80. The number of carbonyl (C=O) groups excluding carboxylic acids is 1. The van der Waals surface area contributed by atoms with Crippen LogP contribution in [0, 0.1) is 0 Å². The van der Waals surface area contributed by atoms with Crippen LogP contribution in [-0.2, 0) is 39.5 Å². The summed E-state index contributed by atoms with van der Waals surface area (Å²) in [4.78, 5) is 19.3. The zero-order valence-electron chi connectivity index (χ0n) is 9.39. The first-order valence-electron chi connectivity index (χ1n) is 4.97. The minimum absolute atomic E-state index is 0.0500. The highest BCUT2D eigenvalue weighted by Crippen LogP contribution is 2.47. The van der Waals surface area contributed by atoms with Crippen molar-refractivity contribution in [3.8, 4) is 0 Å². The van der Waals surface area contributed by atoms with E-state index in [1.54, 1.807) is 0 Å². The first-order valence-corrected chi connectivity index (χ1v) is 8.29. The summed E-state index contributed by atoms with van der Waals surface area (Å²) in [6, 6.07) is 0. The molecule has 0 radical (unpaired) electrons. The lowest BCUT2D eigenvalue weighted by atomic mass is 10.1. The molecule has 0 saturated carbocycles. The van der Waals surface area contributed by atoms with Gasteiger partial charge in [0.15, 0.2) is 6.29 Å². The lowest BCUT2D eigenvalue weighted by molar-refractivity contribution is -0.110. The summed E-state index contributed by atoms with van der Waals surface area (Å²) >= 11 is 4.51. The molecule has 12 heteroatoms. The monoisotopic (exact) mass is 334 g/mol. The van der Waals surface area contributed by atoms with Crippen LogP contribution in [0.5, 0.6) is 0 Å². The van der Waals surface area contributed by atoms with E-state index in [2.05, 4.69) is 20.9 Å². The number of rotatable bonds is 8. The highest BCUT2D eigenvalue weighted by atomic mass is 32.4. The molecule has 0 spiro atoms. The molecule has 3 unspecified atom stereocenters. The van der Waals surface area contributed by atoms with Crippen molar-refractivity contribution >= 4 is 33.5 Å². The maximum absolute atomic E-state index is 11.4. The van der Waals surface area contributed by atoms with Crippen molar-refractivity contribution in [1.82, 2.24) is 0 Å². The van der Waals surface area contributed by atoms with E-state index < -0.39 is 45.6 Å². The van der Waals surface area contributed by atoms with E-state index in [0.29, 0.717) is 0 Å². The highest BCUT2D eigenvalue weighted by molar-refractivity contribution is 7.94. The van der Waals surface area contributed by atoms with Crippen molar-refractivity contribution < 1.29 is 42.8 Å². The molecule has 0 aromatic carbocycles. The number of aliphatic hydroxyl groups is 2. The Morgan fingerprint density at radius 2 is 2.21 bits per heavy atom. The maximum Gasteiger partial charge on any atom is 0.473 e. The predicted octanol–water partition coefficient (Wildman–Crippen LogP) is -0.895. The Hall–Kier alpha value is 0.140. The fourth-order valence-corrected chi connectivity index (χ4v) is 2.81. The van der Waals surface area contributed by atoms with Gasteiger partial charge in [-0.2, -0.15) is 0 Å². The number of carbonyl (C=O) groups is 1. The second-order valence-corrected chi connectivity index (χ2v) is 5.61. The topological polar surface area (TPSA) is 132 Å². The molecule has 0 amide bonds. The molecule has 1 aliphatic rings. The molecule has 1 fully saturated rings. The molecule has 1 rings (SSSR count). The Morgan fingerprint density at radius 3 is 2.74 bits per heavy atom. The van der Waals surface area contributed by atoms with Crippen LogP contribution in [0.2, 0.25) is 0 Å². The molecular weight excluding hydrogens is 322 g/mol. The van der Waals surface area contributed by atoms with E-state index >= 15 is 0 Å². The first kappa shape index (κ1) is 17.2. The minimum Gasteiger partial charge on any atom is -0.394 e. The van der Waals surface area contributed by atoms with E-state index in [-0.39, 0.29) is 13.9 Å². The van der Waals surface area contributed by atoms with Gasteiger partial charge in [-0.3, -0.25) is 13.6 Å². The van der Waals surface area contributed by atoms with E-state index in [4.69, 9.17) is 14.4 Å². The number of phosphoric ester groups is 1. The van der Waals surface area contributed by atoms with Crippen LogP contribution in [0.3, 0.4) is 0 Å². The molecule has 1 saturated heterocycles. The van der Waals surface area contributed by atoms with E-state index in [9.17, 15) is 19.4 Å². The van der Waals surface area contributed by atoms with Gasteiger partial charge in [-0.1, -0.05) is 0 Å². The van der Waals surface area contributed by atoms with Crippen LogP contribution in [0.25, 0.3) is 0 Å². The quantitative estimate of drug-likeness (QED) is 0.379. The Kier molecular flexibility index (Phi) is 7.06. The lowest BCUT2D eigenvalue weighted by Crippen LogP contribution is -2.36. The number of phosphoric acid groups is 1. The SMILES string of the molecule is O=CCOP(=O)(O)OC1C(O)[C@H](OP=S)O[C@@H]1CO. The first-order chi connectivity index (χ1) is 8.95. The van der Waals surface area contributed by atoms with Crippen molar-refractivity contribution in [1.29, 1.82) is 0 Å². The van der Waals surface area contributed by atoms with Gasteiger partial charge in [0.25, 0.3) is 0 Å². The van der Waals surface area contributed by atoms with Gasteiger partial charge in [0.2, 0.25) is 0 Å². The Balaban J connectivity index is 2.71. The number of hydrogen-bond donors (Lipinski definition) is 3. The summed E-state index contributed by atoms with van der Waals surface area (Å²) in [5.74, 6) is 0. The van der Waals surface area contributed by atoms with Crippen LogP contribution in [0.4, 0.5) is 0 Å². The van der Waals surface area contributed by atoms with E-state index in [1.165, 1.54) is 0 Å². The summed E-state index contributed by atoms with van der Waals surface area (Å²) in [7, 11) is -4.51. The molecule has 0 aromatic heterocycles. The second kappa shape index (κ2) is 7.80. The van der Waals surface area contributed by atoms with Gasteiger partial charge in [-0.15, -0.1) is 0 Å². The summed E-state index contributed by atoms with van der Waals surface area (Å²) in [6.45, 7) is -1.23. The third-order valence-electron chi connectivity index (χ3n) is 2.18. The lowest BCUT2D eigenvalue weighted by Gasteiger charge is -2.21. The minimum atomic E-state index is -4.56. The van der Waals surface area contributed by atoms with Crippen LogP contribution in [0.15, 0.2) is 0 Å². The van der Waals surface area contributed by atoms with Crippen molar-refractivity contribution in [2.24, 2.45) is 0 Å². The van der Waals surface area contributed by atoms with Crippen LogP contribution < -0.4 is 0 Å². The normalized spacial score (nSPS) is 34.3. The van der Waals surface area contributed by atoms with Gasteiger partial charge in [0, 0.05) is 0 Å². The van der Waals surface area contributed by atoms with Crippen molar-refractivity contribution in [2.45, 2.75) is 24.6 Å². The molecule has 9 nitrogen and oxygen atoms in total. The van der Waals surface area contributed by atoms with Gasteiger partial charge in [0.05, 0.1) is 6.61 Å². The largest absolute Gasteiger partial charge is 0.473 e. The number of aldehydes is 1. The van der Waals surface area contributed by atoms with Gasteiger partial charge in [0.1, 0.15) is 38.8 Å². The van der Waals surface area contributed by atoms with Gasteiger partial charge in [-0.05, 0) is 11.8 Å². The number of hydrogen-bond acceptors (Lipinski definition) is 9. The van der Waals surface area contributed by atoms with Crippen molar-refractivity contribution in [2.75, 3.05) is 13.2 Å². The molecule has 1 aliphatic heterocycles. The molecule has 0 bridgehead atoms. The molecule has 0 aliphatic carbocycles. The number of ether oxygens (including phenoxy) is 1. The van der Waals surface area contributed by atoms with E-state index in [1.807, 2.05) is 0 Å². The fourth-order valence-electron chi connectivity index (χ4n) is 1.42. The van der Waals surface area contributed by atoms with Crippen LogP contribution in [0.1, 0.15) is 0 Å². The Morgan fingerprint density at radius 1 is 1.53 bits per heavy atom. The summed E-state index contributed by atoms with van der Waals surface area (Å²) in [5, 5.41) is 18.8. The van der Waals surface area contributed by atoms with Crippen molar-refractivity contribution in [3.63, 3.8) is 0 Å². The maximum atomic E-state index is 11.4. The summed E-state index contributed by atoms with van der Waals surface area (Å²) in [5.41, 5.74) is 0. The van der Waals surface area contributed by atoms with Crippen LogP contribution in [-0.4, -0.2) is 59.2 Å². The van der Waals surface area contributed by atoms with Gasteiger partial charge in [-0.25, -0.2) is 4.57 Å². The third kappa shape index (κ3) is 4.87. The molecule has 3 N–H and O–H groups in total. The molecule has 19 heavy (non-hydrogen) atoms. The van der Waals surface area contributed by atoms with Crippen LogP contribution >= 0.6 is 15.4 Å². The molecule has 5 atom stereocenters. The smallest absolute Gasteiger partial charge is 0.394 e. The highest BCUT2D eigenvalue weighted by Gasteiger charge is 2.48. The predicted molar refractivity (Wildman–Crippen MR) is 63.8 cm³/mol.